The van der Waals surface area contributed by atoms with Crippen LogP contribution in [0.5, 0.6) is 0 Å². The third-order valence-corrected chi connectivity index (χ3v) is 6.87. The third-order valence-electron chi connectivity index (χ3n) is 6.87. The van der Waals surface area contributed by atoms with Crippen LogP contribution < -0.4 is 11.2 Å². The number of hydrogen-bond donors (Lipinski definition) is 3. The van der Waals surface area contributed by atoms with E-state index < -0.39 is 11.9 Å². The van der Waals surface area contributed by atoms with Crippen molar-refractivity contribution in [1.82, 2.24) is 9.55 Å². The minimum atomic E-state index is -0.456. The normalized spacial score (nSPS) is 42.2. The Bertz CT molecular complexity index is 876. The highest BCUT2D eigenvalue weighted by molar-refractivity contribution is 5.06. The summed E-state index contributed by atoms with van der Waals surface area (Å²) in [5.74, 6) is 1.16. The first-order chi connectivity index (χ1) is 13.8. The van der Waals surface area contributed by atoms with Crippen molar-refractivity contribution in [3.63, 3.8) is 0 Å². The maximum absolute atomic E-state index is 11.8. The highest BCUT2D eigenvalue weighted by Crippen LogP contribution is 2.45. The van der Waals surface area contributed by atoms with E-state index in [0.29, 0.717) is 23.8 Å². The van der Waals surface area contributed by atoms with Crippen LogP contribution in [0.4, 0.5) is 0 Å². The maximum atomic E-state index is 11.8. The SMILES string of the molecule is C[C@@H]1C[C@@H](O)[C@@H]2C=CO[C@@H]21.Cc1cn([C@H]2C[C@@H]3[C@H](O2)[C@H](C)C[C@H]3O)c(=O)[nH]c1=O. The standard InChI is InChI=1S/C13H18N2O4.C8H12O2/c1-6-3-9(16)8-4-10(19-11(6)8)15-5-7(2)12(17)14-13(15)18;1-5-4-7(9)6-2-3-10-8(5)6/h5-6,8-11,16H,3-4H2,1-2H3,(H,14,17,18);2-3,5-9H,4H2,1H3/t6-,8+,9-,10-,11-;5-,6+,7-,8-/m11/s1. The Hall–Kier alpha value is -1.90. The number of ether oxygens (including phenoxy) is 2. The number of aromatic nitrogens is 2. The summed E-state index contributed by atoms with van der Waals surface area (Å²) in [5.41, 5.74) is -0.343. The largest absolute Gasteiger partial charge is 0.497 e. The topological polar surface area (TPSA) is 114 Å². The molecule has 0 bridgehead atoms. The van der Waals surface area contributed by atoms with Crippen LogP contribution in [0.2, 0.25) is 0 Å². The molecule has 8 nitrogen and oxygen atoms in total. The molecule has 3 heterocycles. The molecule has 0 amide bonds. The molecule has 9 atom stereocenters. The number of aryl methyl sites for hydroxylation is 1. The predicted molar refractivity (Wildman–Crippen MR) is 105 cm³/mol. The van der Waals surface area contributed by atoms with Crippen LogP contribution in [-0.4, -0.2) is 44.2 Å². The van der Waals surface area contributed by atoms with Crippen LogP contribution in [0.15, 0.2) is 28.1 Å². The molecule has 2 aliphatic heterocycles. The molecule has 0 spiro atoms. The summed E-state index contributed by atoms with van der Waals surface area (Å²) >= 11 is 0. The first-order valence-electron chi connectivity index (χ1n) is 10.4. The molecule has 2 saturated carbocycles. The Labute approximate surface area is 169 Å². The third kappa shape index (κ3) is 3.69. The van der Waals surface area contributed by atoms with E-state index in [1.807, 2.05) is 6.08 Å². The fourth-order valence-electron chi connectivity index (χ4n) is 5.27. The van der Waals surface area contributed by atoms with Crippen molar-refractivity contribution in [2.45, 2.75) is 70.7 Å². The van der Waals surface area contributed by atoms with Gasteiger partial charge >= 0.3 is 5.69 Å². The smallest absolute Gasteiger partial charge is 0.330 e. The monoisotopic (exact) mass is 406 g/mol. The number of aromatic amines is 1. The van der Waals surface area contributed by atoms with Crippen LogP contribution in [-0.2, 0) is 9.47 Å². The summed E-state index contributed by atoms with van der Waals surface area (Å²) < 4.78 is 12.7. The second-order valence-electron chi connectivity index (χ2n) is 9.00. The minimum Gasteiger partial charge on any atom is -0.497 e. The quantitative estimate of drug-likeness (QED) is 0.643. The van der Waals surface area contributed by atoms with E-state index in [4.69, 9.17) is 9.47 Å². The lowest BCUT2D eigenvalue weighted by molar-refractivity contribution is -0.0221. The van der Waals surface area contributed by atoms with Crippen molar-refractivity contribution in [3.05, 3.63) is 44.9 Å². The van der Waals surface area contributed by atoms with E-state index in [2.05, 4.69) is 18.8 Å². The van der Waals surface area contributed by atoms with Crippen LogP contribution in [0.1, 0.15) is 44.9 Å². The van der Waals surface area contributed by atoms with Gasteiger partial charge < -0.3 is 19.7 Å². The van der Waals surface area contributed by atoms with Gasteiger partial charge in [0.05, 0.1) is 24.6 Å². The molecule has 5 rings (SSSR count). The van der Waals surface area contributed by atoms with Crippen LogP contribution in [0.3, 0.4) is 0 Å². The second kappa shape index (κ2) is 7.74. The van der Waals surface area contributed by atoms with Crippen LogP contribution in [0, 0.1) is 30.6 Å². The van der Waals surface area contributed by atoms with Gasteiger partial charge in [0, 0.05) is 30.0 Å². The molecular formula is C21H30N2O6. The molecule has 160 valence electrons. The first-order valence-corrected chi connectivity index (χ1v) is 10.4. The predicted octanol–water partition coefficient (Wildman–Crippen LogP) is 1.07. The van der Waals surface area contributed by atoms with Gasteiger partial charge in [0.1, 0.15) is 12.3 Å². The summed E-state index contributed by atoms with van der Waals surface area (Å²) in [6.07, 6.45) is 6.81. The van der Waals surface area contributed by atoms with E-state index in [-0.39, 0.29) is 41.8 Å². The van der Waals surface area contributed by atoms with Gasteiger partial charge in [-0.2, -0.15) is 0 Å². The van der Waals surface area contributed by atoms with Gasteiger partial charge in [0.15, 0.2) is 0 Å². The number of rotatable bonds is 1. The van der Waals surface area contributed by atoms with Gasteiger partial charge in [-0.1, -0.05) is 13.8 Å². The highest BCUT2D eigenvalue weighted by atomic mass is 16.5. The van der Waals surface area contributed by atoms with E-state index in [9.17, 15) is 19.8 Å². The molecule has 1 saturated heterocycles. The summed E-state index contributed by atoms with van der Waals surface area (Å²) in [6, 6.07) is 0. The molecule has 1 aromatic heterocycles. The average Bonchev–Trinajstić information content (AvgIpc) is 3.40. The maximum Gasteiger partial charge on any atom is 0.330 e. The van der Waals surface area contributed by atoms with Crippen molar-refractivity contribution in [3.8, 4) is 0 Å². The van der Waals surface area contributed by atoms with Crippen molar-refractivity contribution in [1.29, 1.82) is 0 Å². The molecule has 29 heavy (non-hydrogen) atoms. The molecule has 8 heteroatoms. The Balaban J connectivity index is 0.000000171. The molecule has 0 aromatic carbocycles. The molecule has 0 radical (unpaired) electrons. The van der Waals surface area contributed by atoms with Crippen molar-refractivity contribution in [2.24, 2.45) is 23.7 Å². The van der Waals surface area contributed by atoms with E-state index in [0.717, 1.165) is 12.8 Å². The number of aliphatic hydroxyl groups excluding tert-OH is 2. The lowest BCUT2D eigenvalue weighted by Crippen LogP contribution is -2.33. The molecule has 3 N–H and O–H groups in total. The van der Waals surface area contributed by atoms with Gasteiger partial charge in [-0.3, -0.25) is 14.3 Å². The number of hydrogen-bond acceptors (Lipinski definition) is 6. The Morgan fingerprint density at radius 2 is 1.76 bits per heavy atom. The Kier molecular flexibility index (Phi) is 5.44. The van der Waals surface area contributed by atoms with Gasteiger partial charge in [-0.15, -0.1) is 0 Å². The fourth-order valence-corrected chi connectivity index (χ4v) is 5.27. The van der Waals surface area contributed by atoms with Crippen LogP contribution >= 0.6 is 0 Å². The molecule has 0 unspecified atom stereocenters. The van der Waals surface area contributed by atoms with Gasteiger partial charge in [0.25, 0.3) is 5.56 Å². The van der Waals surface area contributed by atoms with Crippen molar-refractivity contribution < 1.29 is 19.7 Å². The second-order valence-corrected chi connectivity index (χ2v) is 9.00. The Morgan fingerprint density at radius 1 is 1.07 bits per heavy atom. The molecule has 2 aliphatic carbocycles. The van der Waals surface area contributed by atoms with Gasteiger partial charge in [0.2, 0.25) is 0 Å². The Morgan fingerprint density at radius 3 is 2.45 bits per heavy atom. The zero-order chi connectivity index (χ0) is 20.9. The van der Waals surface area contributed by atoms with Gasteiger partial charge in [-0.25, -0.2) is 4.79 Å². The average molecular weight is 406 g/mol. The fraction of sp³-hybridized carbons (Fsp3) is 0.714. The van der Waals surface area contributed by atoms with Crippen molar-refractivity contribution >= 4 is 0 Å². The van der Waals surface area contributed by atoms with E-state index in [1.165, 1.54) is 10.8 Å². The summed E-state index contributed by atoms with van der Waals surface area (Å²) in [4.78, 5) is 25.5. The van der Waals surface area contributed by atoms with Gasteiger partial charge in [-0.05, 0) is 37.7 Å². The van der Waals surface area contributed by atoms with Crippen molar-refractivity contribution in [2.75, 3.05) is 0 Å². The molecular weight excluding hydrogens is 376 g/mol. The lowest BCUT2D eigenvalue weighted by Gasteiger charge is -2.18. The number of fused-ring (bicyclic) bond motifs is 2. The first kappa shape index (κ1) is 20.4. The van der Waals surface area contributed by atoms with E-state index in [1.54, 1.807) is 13.2 Å². The highest BCUT2D eigenvalue weighted by Gasteiger charge is 2.48. The number of nitrogens with zero attached hydrogens (tertiary/aromatic N) is 1. The van der Waals surface area contributed by atoms with Crippen LogP contribution in [0.25, 0.3) is 0 Å². The summed E-state index contributed by atoms with van der Waals surface area (Å²) in [6.45, 7) is 5.83. The zero-order valence-electron chi connectivity index (χ0n) is 17.0. The summed E-state index contributed by atoms with van der Waals surface area (Å²) in [7, 11) is 0. The molecule has 4 aliphatic rings. The lowest BCUT2D eigenvalue weighted by atomic mass is 10.0. The number of H-pyrrole nitrogens is 1. The zero-order valence-corrected chi connectivity index (χ0v) is 17.0. The minimum absolute atomic E-state index is 0.000802. The summed E-state index contributed by atoms with van der Waals surface area (Å²) in [5, 5.41) is 19.4. The number of nitrogens with one attached hydrogen (secondary N) is 1. The molecule has 3 fully saturated rings. The number of aliphatic hydroxyl groups is 2. The molecule has 1 aromatic rings. The van der Waals surface area contributed by atoms with E-state index >= 15 is 0 Å².